The van der Waals surface area contributed by atoms with Crippen molar-refractivity contribution in [3.05, 3.63) is 66.7 Å². The Kier molecular flexibility index (Phi) is 6.52. The molecular formula is C23H26N2O5S2. The molecule has 1 heterocycles. The molecule has 1 aliphatic rings. The molecule has 3 aromatic rings. The molecule has 1 fully saturated rings. The molecule has 0 amide bonds. The van der Waals surface area contributed by atoms with Crippen LogP contribution in [0.25, 0.3) is 10.8 Å². The zero-order chi connectivity index (χ0) is 22.8. The molecule has 3 aromatic carbocycles. The summed E-state index contributed by atoms with van der Waals surface area (Å²) in [5, 5.41) is 1.88. The van der Waals surface area contributed by atoms with E-state index in [0.29, 0.717) is 38.5 Å². The summed E-state index contributed by atoms with van der Waals surface area (Å²) in [6.07, 6.45) is 0. The first kappa shape index (κ1) is 22.7. The van der Waals surface area contributed by atoms with Crippen molar-refractivity contribution in [1.29, 1.82) is 0 Å². The highest BCUT2D eigenvalue weighted by Crippen LogP contribution is 2.23. The van der Waals surface area contributed by atoms with E-state index in [4.69, 9.17) is 4.74 Å². The lowest BCUT2D eigenvalue weighted by atomic mass is 10.1. The summed E-state index contributed by atoms with van der Waals surface area (Å²) in [6.45, 7) is 1.98. The van der Waals surface area contributed by atoms with E-state index >= 15 is 0 Å². The van der Waals surface area contributed by atoms with E-state index in [1.807, 2.05) is 35.2 Å². The average Bonchev–Trinajstić information content (AvgIpc) is 2.82. The second-order valence-corrected chi connectivity index (χ2v) is 11.8. The van der Waals surface area contributed by atoms with E-state index in [-0.39, 0.29) is 15.5 Å². The highest BCUT2D eigenvalue weighted by molar-refractivity contribution is 7.91. The Morgan fingerprint density at radius 2 is 1.50 bits per heavy atom. The van der Waals surface area contributed by atoms with Crippen LogP contribution in [0.5, 0.6) is 5.75 Å². The molecule has 0 radical (unpaired) electrons. The molecule has 0 saturated carbocycles. The molecule has 1 saturated heterocycles. The van der Waals surface area contributed by atoms with Gasteiger partial charge in [-0.2, -0.15) is 4.31 Å². The molecule has 1 aliphatic heterocycles. The van der Waals surface area contributed by atoms with Crippen LogP contribution in [0, 0.1) is 0 Å². The van der Waals surface area contributed by atoms with E-state index in [1.165, 1.54) is 17.5 Å². The fourth-order valence-corrected chi connectivity index (χ4v) is 6.61. The van der Waals surface area contributed by atoms with E-state index in [9.17, 15) is 16.8 Å². The second kappa shape index (κ2) is 9.19. The van der Waals surface area contributed by atoms with Crippen LogP contribution in [0.1, 0.15) is 0 Å². The second-order valence-electron chi connectivity index (χ2n) is 7.75. The largest absolute Gasteiger partial charge is 0.497 e. The van der Waals surface area contributed by atoms with Crippen LogP contribution in [0.15, 0.2) is 76.5 Å². The van der Waals surface area contributed by atoms with Crippen LogP contribution in [0.4, 0.5) is 0 Å². The van der Waals surface area contributed by atoms with Gasteiger partial charge in [-0.25, -0.2) is 16.8 Å². The van der Waals surface area contributed by atoms with Crippen LogP contribution in [0.3, 0.4) is 0 Å². The van der Waals surface area contributed by atoms with Crippen molar-refractivity contribution in [3.63, 3.8) is 0 Å². The molecule has 0 atom stereocenters. The van der Waals surface area contributed by atoms with Gasteiger partial charge >= 0.3 is 0 Å². The van der Waals surface area contributed by atoms with Crippen molar-refractivity contribution in [1.82, 2.24) is 9.21 Å². The maximum Gasteiger partial charge on any atom is 0.243 e. The minimum Gasteiger partial charge on any atom is -0.497 e. The highest BCUT2D eigenvalue weighted by Gasteiger charge is 2.29. The van der Waals surface area contributed by atoms with Crippen molar-refractivity contribution in [2.75, 3.05) is 45.6 Å². The maximum atomic E-state index is 13.1. The lowest BCUT2D eigenvalue weighted by molar-refractivity contribution is 0.197. The molecule has 0 aliphatic carbocycles. The Morgan fingerprint density at radius 3 is 2.22 bits per heavy atom. The molecule has 0 spiro atoms. The summed E-state index contributed by atoms with van der Waals surface area (Å²) >= 11 is 0. The van der Waals surface area contributed by atoms with Gasteiger partial charge in [-0.15, -0.1) is 0 Å². The summed E-state index contributed by atoms with van der Waals surface area (Å²) in [5.74, 6) is 0.469. The van der Waals surface area contributed by atoms with Gasteiger partial charge in [0.05, 0.1) is 22.7 Å². The van der Waals surface area contributed by atoms with Gasteiger partial charge in [0.25, 0.3) is 0 Å². The topological polar surface area (TPSA) is 84.0 Å². The number of piperazine rings is 1. The number of nitrogens with zero attached hydrogens (tertiary/aromatic N) is 2. The average molecular weight is 475 g/mol. The molecule has 0 aromatic heterocycles. The zero-order valence-corrected chi connectivity index (χ0v) is 19.5. The number of fused-ring (bicyclic) bond motifs is 1. The van der Waals surface area contributed by atoms with Gasteiger partial charge in [0, 0.05) is 32.7 Å². The number of rotatable bonds is 7. The number of hydrogen-bond acceptors (Lipinski definition) is 6. The summed E-state index contributed by atoms with van der Waals surface area (Å²) < 4.78 is 58.1. The predicted molar refractivity (Wildman–Crippen MR) is 124 cm³/mol. The molecule has 0 N–H and O–H groups in total. The molecule has 0 bridgehead atoms. The van der Waals surface area contributed by atoms with Crippen LogP contribution in [-0.4, -0.2) is 71.6 Å². The fraction of sp³-hybridized carbons (Fsp3) is 0.304. The monoisotopic (exact) mass is 474 g/mol. The Hall–Kier alpha value is -2.46. The van der Waals surface area contributed by atoms with Crippen LogP contribution >= 0.6 is 0 Å². The Labute approximate surface area is 189 Å². The third kappa shape index (κ3) is 4.80. The van der Waals surface area contributed by atoms with Gasteiger partial charge in [0.15, 0.2) is 9.84 Å². The van der Waals surface area contributed by atoms with Gasteiger partial charge in [-0.05, 0) is 41.1 Å². The van der Waals surface area contributed by atoms with E-state index in [0.717, 1.165) is 10.8 Å². The molecule has 4 rings (SSSR count). The number of ether oxygens (including phenoxy) is 1. The van der Waals surface area contributed by atoms with Crippen LogP contribution < -0.4 is 4.74 Å². The predicted octanol–water partition coefficient (Wildman–Crippen LogP) is 2.63. The summed E-state index contributed by atoms with van der Waals surface area (Å²) in [4.78, 5) is 2.50. The minimum atomic E-state index is -3.60. The van der Waals surface area contributed by atoms with Crippen LogP contribution in [-0.2, 0) is 19.9 Å². The van der Waals surface area contributed by atoms with Crippen LogP contribution in [0.2, 0.25) is 0 Å². The fourth-order valence-electron chi connectivity index (χ4n) is 3.83. The van der Waals surface area contributed by atoms with Gasteiger partial charge in [0.1, 0.15) is 5.75 Å². The number of sulfone groups is 1. The third-order valence-electron chi connectivity index (χ3n) is 5.77. The summed E-state index contributed by atoms with van der Waals surface area (Å²) in [6, 6.07) is 19.3. The van der Waals surface area contributed by atoms with Gasteiger partial charge in [-0.3, -0.25) is 4.90 Å². The number of benzene rings is 3. The summed E-state index contributed by atoms with van der Waals surface area (Å²) in [7, 11) is -5.55. The smallest absolute Gasteiger partial charge is 0.243 e. The first-order valence-corrected chi connectivity index (χ1v) is 13.5. The quantitative estimate of drug-likeness (QED) is 0.524. The van der Waals surface area contributed by atoms with E-state index in [1.54, 1.807) is 30.3 Å². The molecule has 170 valence electrons. The lowest BCUT2D eigenvalue weighted by Crippen LogP contribution is -2.49. The van der Waals surface area contributed by atoms with Crippen molar-refractivity contribution < 1.29 is 21.6 Å². The van der Waals surface area contributed by atoms with Gasteiger partial charge in [-0.1, -0.05) is 36.4 Å². The molecule has 7 nitrogen and oxygen atoms in total. The molecule has 9 heteroatoms. The number of hydrogen-bond donors (Lipinski definition) is 0. The standard InChI is InChI=1S/C23H26N2O5S2/c1-30-21-7-4-8-22(18-21)31(26,27)16-15-24-11-13-25(14-12-24)32(28,29)23-10-9-19-5-2-3-6-20(19)17-23/h2-10,17-18H,11-16H2,1H3. The Morgan fingerprint density at radius 1 is 0.781 bits per heavy atom. The Bertz CT molecular complexity index is 1310. The van der Waals surface area contributed by atoms with Crippen molar-refractivity contribution in [3.8, 4) is 5.75 Å². The number of methoxy groups -OCH3 is 1. The summed E-state index contributed by atoms with van der Waals surface area (Å²) in [5.41, 5.74) is 0. The zero-order valence-electron chi connectivity index (χ0n) is 17.8. The molecular weight excluding hydrogens is 448 g/mol. The SMILES string of the molecule is COc1cccc(S(=O)(=O)CCN2CCN(S(=O)(=O)c3ccc4ccccc4c3)CC2)c1. The minimum absolute atomic E-state index is 0.0302. The van der Waals surface area contributed by atoms with Gasteiger partial charge in [0.2, 0.25) is 10.0 Å². The highest BCUT2D eigenvalue weighted by atomic mass is 32.2. The molecule has 0 unspecified atom stereocenters. The maximum absolute atomic E-state index is 13.1. The van der Waals surface area contributed by atoms with E-state index < -0.39 is 19.9 Å². The normalized spacial score (nSPS) is 16.3. The van der Waals surface area contributed by atoms with Crippen molar-refractivity contribution >= 4 is 30.6 Å². The molecule has 32 heavy (non-hydrogen) atoms. The van der Waals surface area contributed by atoms with Gasteiger partial charge < -0.3 is 4.74 Å². The Balaban J connectivity index is 1.38. The first-order valence-electron chi connectivity index (χ1n) is 10.4. The lowest BCUT2D eigenvalue weighted by Gasteiger charge is -2.33. The third-order valence-corrected chi connectivity index (χ3v) is 9.35. The number of sulfonamides is 1. The first-order chi connectivity index (χ1) is 15.3. The van der Waals surface area contributed by atoms with E-state index in [2.05, 4.69) is 0 Å². The van der Waals surface area contributed by atoms with Crippen molar-refractivity contribution in [2.45, 2.75) is 9.79 Å². The van der Waals surface area contributed by atoms with Crippen molar-refractivity contribution in [2.24, 2.45) is 0 Å².